The van der Waals surface area contributed by atoms with Crippen LogP contribution >= 0.6 is 0 Å². The summed E-state index contributed by atoms with van der Waals surface area (Å²) >= 11 is 0. The van der Waals surface area contributed by atoms with E-state index in [1.807, 2.05) is 13.8 Å². The van der Waals surface area contributed by atoms with Gasteiger partial charge in [-0.25, -0.2) is 4.39 Å². The lowest BCUT2D eigenvalue weighted by Gasteiger charge is -2.16. The van der Waals surface area contributed by atoms with E-state index in [1.165, 1.54) is 12.1 Å². The fraction of sp³-hybridized carbons (Fsp3) is 0.562. The summed E-state index contributed by atoms with van der Waals surface area (Å²) in [5.41, 5.74) is 1.26. The van der Waals surface area contributed by atoms with Crippen molar-refractivity contribution in [3.05, 3.63) is 24.0 Å². The van der Waals surface area contributed by atoms with Gasteiger partial charge in [0.05, 0.1) is 11.4 Å². The van der Waals surface area contributed by atoms with E-state index in [1.54, 1.807) is 6.07 Å². The average Bonchev–Trinajstić information content (AvgIpc) is 2.92. The number of amides is 1. The second-order valence-corrected chi connectivity index (χ2v) is 5.93. The lowest BCUT2D eigenvalue weighted by atomic mass is 10.0. The monoisotopic (exact) mass is 293 g/mol. The van der Waals surface area contributed by atoms with E-state index in [4.69, 9.17) is 0 Å². The SMILES string of the molecule is CC(C)Nc1cc(F)ccc1NC(=O)CCC1CCNC1. The quantitative estimate of drug-likeness (QED) is 0.756. The molecule has 1 aliphatic heterocycles. The molecule has 1 unspecified atom stereocenters. The van der Waals surface area contributed by atoms with Crippen molar-refractivity contribution in [3.63, 3.8) is 0 Å². The van der Waals surface area contributed by atoms with Crippen molar-refractivity contribution in [2.24, 2.45) is 5.92 Å². The first-order valence-corrected chi connectivity index (χ1v) is 7.61. The van der Waals surface area contributed by atoms with Crippen LogP contribution in [-0.2, 0) is 4.79 Å². The highest BCUT2D eigenvalue weighted by molar-refractivity contribution is 5.94. The molecule has 0 aliphatic carbocycles. The van der Waals surface area contributed by atoms with Gasteiger partial charge >= 0.3 is 0 Å². The summed E-state index contributed by atoms with van der Waals surface area (Å²) < 4.78 is 13.3. The Morgan fingerprint density at radius 1 is 1.43 bits per heavy atom. The Bertz CT molecular complexity index is 484. The van der Waals surface area contributed by atoms with E-state index < -0.39 is 0 Å². The van der Waals surface area contributed by atoms with E-state index in [0.717, 1.165) is 25.9 Å². The molecular formula is C16H24FN3O. The molecule has 1 aromatic carbocycles. The van der Waals surface area contributed by atoms with Crippen LogP contribution in [0.25, 0.3) is 0 Å². The minimum Gasteiger partial charge on any atom is -0.381 e. The smallest absolute Gasteiger partial charge is 0.224 e. The summed E-state index contributed by atoms with van der Waals surface area (Å²) in [6.45, 7) is 6.00. The van der Waals surface area contributed by atoms with Crippen LogP contribution in [0, 0.1) is 11.7 Å². The lowest BCUT2D eigenvalue weighted by molar-refractivity contribution is -0.116. The maximum atomic E-state index is 13.3. The van der Waals surface area contributed by atoms with Gasteiger partial charge in [0.1, 0.15) is 5.82 Å². The van der Waals surface area contributed by atoms with Crippen LogP contribution in [0.15, 0.2) is 18.2 Å². The van der Waals surface area contributed by atoms with E-state index in [-0.39, 0.29) is 17.8 Å². The molecule has 1 aromatic rings. The maximum Gasteiger partial charge on any atom is 0.224 e. The predicted octanol–water partition coefficient (Wildman–Crippen LogP) is 2.97. The predicted molar refractivity (Wildman–Crippen MR) is 84.0 cm³/mol. The van der Waals surface area contributed by atoms with E-state index in [0.29, 0.717) is 23.7 Å². The van der Waals surface area contributed by atoms with Crippen LogP contribution in [0.1, 0.15) is 33.1 Å². The number of rotatable bonds is 6. The van der Waals surface area contributed by atoms with E-state index in [2.05, 4.69) is 16.0 Å². The summed E-state index contributed by atoms with van der Waals surface area (Å²) in [6, 6.07) is 4.56. The zero-order chi connectivity index (χ0) is 15.2. The molecule has 1 saturated heterocycles. The number of benzene rings is 1. The molecule has 0 saturated carbocycles. The third kappa shape index (κ3) is 5.01. The van der Waals surface area contributed by atoms with Crippen molar-refractivity contribution < 1.29 is 9.18 Å². The van der Waals surface area contributed by atoms with Crippen LogP contribution in [0.4, 0.5) is 15.8 Å². The van der Waals surface area contributed by atoms with Gasteiger partial charge in [-0.15, -0.1) is 0 Å². The van der Waals surface area contributed by atoms with Gasteiger partial charge in [-0.1, -0.05) is 0 Å². The number of hydrogen-bond acceptors (Lipinski definition) is 3. The molecule has 1 heterocycles. The van der Waals surface area contributed by atoms with Crippen molar-refractivity contribution in [2.45, 2.75) is 39.2 Å². The lowest BCUT2D eigenvalue weighted by Crippen LogP contribution is -2.17. The molecule has 21 heavy (non-hydrogen) atoms. The minimum atomic E-state index is -0.312. The molecule has 0 bridgehead atoms. The van der Waals surface area contributed by atoms with Gasteiger partial charge in [0.25, 0.3) is 0 Å². The van der Waals surface area contributed by atoms with Gasteiger partial charge in [-0.2, -0.15) is 0 Å². The van der Waals surface area contributed by atoms with Crippen LogP contribution in [0.5, 0.6) is 0 Å². The molecule has 4 nitrogen and oxygen atoms in total. The second-order valence-electron chi connectivity index (χ2n) is 5.93. The number of carbonyl (C=O) groups is 1. The molecule has 3 N–H and O–H groups in total. The number of halogens is 1. The Kier molecular flexibility index (Phi) is 5.56. The molecule has 1 atom stereocenters. The number of anilines is 2. The van der Waals surface area contributed by atoms with Gasteiger partial charge in [0.15, 0.2) is 0 Å². The molecule has 5 heteroatoms. The first kappa shape index (κ1) is 15.8. The zero-order valence-corrected chi connectivity index (χ0v) is 12.7. The van der Waals surface area contributed by atoms with Gasteiger partial charge in [0.2, 0.25) is 5.91 Å². The Hall–Kier alpha value is -1.62. The fourth-order valence-electron chi connectivity index (χ4n) is 2.56. The Morgan fingerprint density at radius 3 is 2.90 bits per heavy atom. The summed E-state index contributed by atoms with van der Waals surface area (Å²) in [5, 5.41) is 9.33. The Balaban J connectivity index is 1.92. The third-order valence-electron chi connectivity index (χ3n) is 3.64. The number of hydrogen-bond donors (Lipinski definition) is 3. The largest absolute Gasteiger partial charge is 0.381 e. The first-order valence-electron chi connectivity index (χ1n) is 7.61. The maximum absolute atomic E-state index is 13.3. The van der Waals surface area contributed by atoms with Gasteiger partial charge in [-0.05, 0) is 63.9 Å². The standard InChI is InChI=1S/C16H24FN3O/c1-11(2)19-15-9-13(17)4-5-14(15)20-16(21)6-3-12-7-8-18-10-12/h4-5,9,11-12,18-19H,3,6-8,10H2,1-2H3,(H,20,21). The molecule has 2 rings (SSSR count). The average molecular weight is 293 g/mol. The van der Waals surface area contributed by atoms with Crippen molar-refractivity contribution in [3.8, 4) is 0 Å². The van der Waals surface area contributed by atoms with Crippen LogP contribution < -0.4 is 16.0 Å². The molecule has 116 valence electrons. The summed E-state index contributed by atoms with van der Waals surface area (Å²) in [4.78, 5) is 12.0. The highest BCUT2D eigenvalue weighted by atomic mass is 19.1. The zero-order valence-electron chi connectivity index (χ0n) is 12.7. The topological polar surface area (TPSA) is 53.2 Å². The second kappa shape index (κ2) is 7.41. The molecule has 1 aliphatic rings. The highest BCUT2D eigenvalue weighted by Gasteiger charge is 2.16. The first-order chi connectivity index (χ1) is 10.0. The van der Waals surface area contributed by atoms with Crippen molar-refractivity contribution in [1.82, 2.24) is 5.32 Å². The van der Waals surface area contributed by atoms with Crippen molar-refractivity contribution >= 4 is 17.3 Å². The van der Waals surface area contributed by atoms with Crippen LogP contribution in [-0.4, -0.2) is 25.0 Å². The summed E-state index contributed by atoms with van der Waals surface area (Å²) in [6.07, 6.45) is 2.54. The normalized spacial score (nSPS) is 18.0. The van der Waals surface area contributed by atoms with Gasteiger partial charge in [0, 0.05) is 12.5 Å². The molecule has 0 radical (unpaired) electrons. The highest BCUT2D eigenvalue weighted by Crippen LogP contribution is 2.24. The van der Waals surface area contributed by atoms with Gasteiger partial charge in [-0.3, -0.25) is 4.79 Å². The number of nitrogens with one attached hydrogen (secondary N) is 3. The van der Waals surface area contributed by atoms with Crippen LogP contribution in [0.2, 0.25) is 0 Å². The van der Waals surface area contributed by atoms with Crippen molar-refractivity contribution in [1.29, 1.82) is 0 Å². The fourth-order valence-corrected chi connectivity index (χ4v) is 2.56. The number of carbonyl (C=O) groups excluding carboxylic acids is 1. The summed E-state index contributed by atoms with van der Waals surface area (Å²) in [7, 11) is 0. The van der Waals surface area contributed by atoms with Gasteiger partial charge < -0.3 is 16.0 Å². The Labute approximate surface area is 125 Å². The minimum absolute atomic E-state index is 0.0136. The van der Waals surface area contributed by atoms with E-state index >= 15 is 0 Å². The molecule has 1 amide bonds. The third-order valence-corrected chi connectivity index (χ3v) is 3.64. The molecule has 1 fully saturated rings. The molecule has 0 spiro atoms. The summed E-state index contributed by atoms with van der Waals surface area (Å²) in [5.74, 6) is 0.269. The van der Waals surface area contributed by atoms with E-state index in [9.17, 15) is 9.18 Å². The Morgan fingerprint density at radius 2 is 2.24 bits per heavy atom. The molecular weight excluding hydrogens is 269 g/mol. The van der Waals surface area contributed by atoms with Crippen LogP contribution in [0.3, 0.4) is 0 Å². The molecule has 0 aromatic heterocycles. The van der Waals surface area contributed by atoms with Crippen molar-refractivity contribution in [2.75, 3.05) is 23.7 Å².